The quantitative estimate of drug-likeness (QED) is 0.319. The van der Waals surface area contributed by atoms with Crippen LogP contribution >= 0.6 is 0 Å². The monoisotopic (exact) mass is 488 g/mol. The van der Waals surface area contributed by atoms with Crippen LogP contribution in [0.1, 0.15) is 28.9 Å². The number of aromatic nitrogens is 4. The lowest BCUT2D eigenvalue weighted by molar-refractivity contribution is 0.285. The first-order chi connectivity index (χ1) is 18.2. The number of rotatable bonds is 6. The second-order valence-electron chi connectivity index (χ2n) is 9.86. The summed E-state index contributed by atoms with van der Waals surface area (Å²) in [5.41, 5.74) is 5.78. The Kier molecular flexibility index (Phi) is 6.65. The highest BCUT2D eigenvalue weighted by Gasteiger charge is 2.22. The number of aryl methyl sites for hydroxylation is 1. The van der Waals surface area contributed by atoms with Crippen molar-refractivity contribution in [3.8, 4) is 5.69 Å². The molecule has 1 saturated heterocycles. The van der Waals surface area contributed by atoms with Gasteiger partial charge in [0.05, 0.1) is 17.3 Å². The van der Waals surface area contributed by atoms with Crippen molar-refractivity contribution in [1.82, 2.24) is 24.6 Å². The van der Waals surface area contributed by atoms with Gasteiger partial charge in [-0.3, -0.25) is 4.90 Å². The molecule has 6 rings (SSSR count). The summed E-state index contributed by atoms with van der Waals surface area (Å²) in [5, 5.41) is 5.76. The maximum Gasteiger partial charge on any atom is 0.168 e. The Morgan fingerprint density at radius 2 is 1.54 bits per heavy atom. The van der Waals surface area contributed by atoms with Crippen LogP contribution in [0.2, 0.25) is 0 Å². The average Bonchev–Trinajstić information content (AvgIpc) is 3.21. The molecular formula is C31H32N6. The first kappa shape index (κ1) is 23.4. The molecule has 5 aromatic rings. The van der Waals surface area contributed by atoms with Crippen LogP contribution in [0.15, 0.2) is 91.1 Å². The van der Waals surface area contributed by atoms with Crippen molar-refractivity contribution in [1.29, 1.82) is 0 Å². The van der Waals surface area contributed by atoms with E-state index in [1.165, 1.54) is 16.7 Å². The van der Waals surface area contributed by atoms with E-state index in [0.29, 0.717) is 6.42 Å². The van der Waals surface area contributed by atoms with Gasteiger partial charge in [-0.2, -0.15) is 5.10 Å². The molecule has 0 bridgehead atoms. The molecule has 37 heavy (non-hydrogen) atoms. The molecule has 1 aliphatic heterocycles. The Bertz CT molecular complexity index is 1480. The summed E-state index contributed by atoms with van der Waals surface area (Å²) in [7, 11) is 0. The Balaban J connectivity index is 1.33. The SMILES string of the molecule is Cc1cccc(CN2CCCN(c3nc(Cc4ccccc4)nc4c3cnn4-c3ccccc3)CC2)c1. The zero-order chi connectivity index (χ0) is 25.0. The predicted octanol–water partition coefficient (Wildman–Crippen LogP) is 5.43. The van der Waals surface area contributed by atoms with E-state index < -0.39 is 0 Å². The molecule has 0 amide bonds. The highest BCUT2D eigenvalue weighted by Crippen LogP contribution is 2.27. The van der Waals surface area contributed by atoms with Crippen molar-refractivity contribution in [2.45, 2.75) is 26.3 Å². The molecule has 0 unspecified atom stereocenters. The minimum absolute atomic E-state index is 0.692. The number of hydrogen-bond acceptors (Lipinski definition) is 5. The molecule has 0 saturated carbocycles. The highest BCUT2D eigenvalue weighted by atomic mass is 15.3. The standard InChI is InChI=1S/C31H32N6/c1-24-10-8-13-26(20-24)23-35-16-9-17-36(19-18-35)30-28-22-32-37(27-14-6-3-7-15-27)31(28)34-29(33-30)21-25-11-4-2-5-12-25/h2-8,10-15,20,22H,9,16-19,21,23H2,1H3. The fourth-order valence-electron chi connectivity index (χ4n) is 5.20. The van der Waals surface area contributed by atoms with Crippen LogP contribution in [0, 0.1) is 6.92 Å². The summed E-state index contributed by atoms with van der Waals surface area (Å²) < 4.78 is 1.94. The molecule has 0 radical (unpaired) electrons. The smallest absolute Gasteiger partial charge is 0.168 e. The van der Waals surface area contributed by atoms with Crippen LogP contribution < -0.4 is 4.90 Å². The molecule has 3 aromatic carbocycles. The molecule has 0 N–H and O–H groups in total. The largest absolute Gasteiger partial charge is 0.355 e. The summed E-state index contributed by atoms with van der Waals surface area (Å²) in [4.78, 5) is 15.1. The zero-order valence-corrected chi connectivity index (χ0v) is 21.3. The van der Waals surface area contributed by atoms with Gasteiger partial charge in [0.15, 0.2) is 5.65 Å². The number of para-hydroxylation sites is 1. The van der Waals surface area contributed by atoms with Gasteiger partial charge in [-0.1, -0.05) is 78.4 Å². The average molecular weight is 489 g/mol. The van der Waals surface area contributed by atoms with Crippen molar-refractivity contribution < 1.29 is 0 Å². The Morgan fingerprint density at radius 3 is 2.35 bits per heavy atom. The van der Waals surface area contributed by atoms with E-state index in [-0.39, 0.29) is 0 Å². The Hall–Kier alpha value is -4.03. The number of nitrogens with zero attached hydrogens (tertiary/aromatic N) is 6. The third kappa shape index (κ3) is 5.25. The fraction of sp³-hybridized carbons (Fsp3) is 0.258. The van der Waals surface area contributed by atoms with E-state index in [1.54, 1.807) is 0 Å². The van der Waals surface area contributed by atoms with Gasteiger partial charge in [0.2, 0.25) is 0 Å². The van der Waals surface area contributed by atoms with Crippen molar-refractivity contribution >= 4 is 16.9 Å². The first-order valence-corrected chi connectivity index (χ1v) is 13.1. The third-order valence-electron chi connectivity index (χ3n) is 7.04. The second kappa shape index (κ2) is 10.5. The predicted molar refractivity (Wildman–Crippen MR) is 149 cm³/mol. The minimum Gasteiger partial charge on any atom is -0.355 e. The van der Waals surface area contributed by atoms with Crippen molar-refractivity contribution in [3.05, 3.63) is 114 Å². The molecule has 3 heterocycles. The fourth-order valence-corrected chi connectivity index (χ4v) is 5.20. The lowest BCUT2D eigenvalue weighted by Crippen LogP contribution is -2.31. The zero-order valence-electron chi connectivity index (χ0n) is 21.3. The van der Waals surface area contributed by atoms with E-state index in [0.717, 1.165) is 67.5 Å². The van der Waals surface area contributed by atoms with Gasteiger partial charge in [0.25, 0.3) is 0 Å². The van der Waals surface area contributed by atoms with Gasteiger partial charge >= 0.3 is 0 Å². The number of fused-ring (bicyclic) bond motifs is 1. The van der Waals surface area contributed by atoms with Crippen LogP contribution in [-0.2, 0) is 13.0 Å². The maximum atomic E-state index is 5.13. The van der Waals surface area contributed by atoms with E-state index in [9.17, 15) is 0 Å². The molecular weight excluding hydrogens is 456 g/mol. The Labute approximate surface area is 218 Å². The van der Waals surface area contributed by atoms with Gasteiger partial charge in [0, 0.05) is 39.1 Å². The summed E-state index contributed by atoms with van der Waals surface area (Å²) in [6.07, 6.45) is 3.72. The second-order valence-corrected chi connectivity index (χ2v) is 9.86. The van der Waals surface area contributed by atoms with Gasteiger partial charge in [-0.25, -0.2) is 14.6 Å². The van der Waals surface area contributed by atoms with Gasteiger partial charge in [-0.05, 0) is 36.6 Å². The first-order valence-electron chi connectivity index (χ1n) is 13.1. The van der Waals surface area contributed by atoms with E-state index >= 15 is 0 Å². The topological polar surface area (TPSA) is 50.1 Å². The number of anilines is 1. The molecule has 0 spiro atoms. The van der Waals surface area contributed by atoms with E-state index in [2.05, 4.69) is 77.4 Å². The summed E-state index contributed by atoms with van der Waals surface area (Å²) in [5.74, 6) is 1.82. The normalized spacial score (nSPS) is 14.7. The van der Waals surface area contributed by atoms with Crippen LogP contribution in [0.25, 0.3) is 16.7 Å². The summed E-state index contributed by atoms with van der Waals surface area (Å²) in [6, 6.07) is 29.5. The minimum atomic E-state index is 0.692. The molecule has 6 heteroatoms. The molecule has 6 nitrogen and oxygen atoms in total. The molecule has 0 aliphatic carbocycles. The van der Waals surface area contributed by atoms with Gasteiger partial charge < -0.3 is 4.90 Å². The summed E-state index contributed by atoms with van der Waals surface area (Å²) >= 11 is 0. The molecule has 1 fully saturated rings. The third-order valence-corrected chi connectivity index (χ3v) is 7.04. The van der Waals surface area contributed by atoms with Crippen molar-refractivity contribution in [2.24, 2.45) is 0 Å². The van der Waals surface area contributed by atoms with Crippen LogP contribution in [0.5, 0.6) is 0 Å². The van der Waals surface area contributed by atoms with E-state index in [4.69, 9.17) is 15.1 Å². The Morgan fingerprint density at radius 1 is 0.757 bits per heavy atom. The molecule has 0 atom stereocenters. The van der Waals surface area contributed by atoms with Gasteiger partial charge in [0.1, 0.15) is 11.6 Å². The molecule has 186 valence electrons. The van der Waals surface area contributed by atoms with Crippen LogP contribution in [0.3, 0.4) is 0 Å². The summed E-state index contributed by atoms with van der Waals surface area (Å²) in [6.45, 7) is 7.13. The van der Waals surface area contributed by atoms with Crippen molar-refractivity contribution in [2.75, 3.05) is 31.1 Å². The number of benzene rings is 3. The molecule has 2 aromatic heterocycles. The number of hydrogen-bond donors (Lipinski definition) is 0. The van der Waals surface area contributed by atoms with Crippen LogP contribution in [-0.4, -0.2) is 50.8 Å². The highest BCUT2D eigenvalue weighted by molar-refractivity contribution is 5.88. The lowest BCUT2D eigenvalue weighted by atomic mass is 10.1. The lowest BCUT2D eigenvalue weighted by Gasteiger charge is -2.24. The maximum absolute atomic E-state index is 5.13. The van der Waals surface area contributed by atoms with E-state index in [1.807, 2.05) is 35.1 Å². The molecule has 1 aliphatic rings. The van der Waals surface area contributed by atoms with Crippen molar-refractivity contribution in [3.63, 3.8) is 0 Å². The van der Waals surface area contributed by atoms with Gasteiger partial charge in [-0.15, -0.1) is 0 Å². The van der Waals surface area contributed by atoms with Crippen LogP contribution in [0.4, 0.5) is 5.82 Å².